The van der Waals surface area contributed by atoms with Gasteiger partial charge in [0.25, 0.3) is 0 Å². The molecule has 0 fully saturated rings. The Bertz CT molecular complexity index is 556. The molecule has 1 unspecified atom stereocenters. The minimum Gasteiger partial charge on any atom is -0.475 e. The summed E-state index contributed by atoms with van der Waals surface area (Å²) >= 11 is 0. The lowest BCUT2D eigenvalue weighted by Gasteiger charge is -2.05. The number of hydrogen-bond donors (Lipinski definition) is 2. The maximum atomic E-state index is 10.7. The van der Waals surface area contributed by atoms with Crippen LogP contribution in [0.4, 0.5) is 0 Å². The number of aromatic carboxylic acids is 1. The van der Waals surface area contributed by atoms with Crippen LogP contribution in [0, 0.1) is 0 Å². The van der Waals surface area contributed by atoms with Crippen LogP contribution in [0.2, 0.25) is 0 Å². The van der Waals surface area contributed by atoms with Crippen molar-refractivity contribution in [1.82, 2.24) is 9.78 Å². The third-order valence-corrected chi connectivity index (χ3v) is 2.57. The Balaban J connectivity index is 2.23. The molecule has 2 aromatic rings. The molecule has 0 saturated carbocycles. The van der Waals surface area contributed by atoms with Crippen LogP contribution in [-0.4, -0.2) is 26.0 Å². The highest BCUT2D eigenvalue weighted by Gasteiger charge is 2.19. The van der Waals surface area contributed by atoms with Crippen LogP contribution < -0.4 is 0 Å². The zero-order chi connectivity index (χ0) is 13.3. The average molecular weight is 250 g/mol. The van der Waals surface area contributed by atoms with Gasteiger partial charge < -0.3 is 14.6 Å². The fourth-order valence-corrected chi connectivity index (χ4v) is 1.56. The van der Waals surface area contributed by atoms with Gasteiger partial charge in [-0.2, -0.15) is 5.10 Å². The smallest absolute Gasteiger partial charge is 0.371 e. The van der Waals surface area contributed by atoms with Crippen molar-refractivity contribution < 1.29 is 19.4 Å². The molecule has 0 radical (unpaired) electrons. The average Bonchev–Trinajstić information content (AvgIpc) is 2.97. The van der Waals surface area contributed by atoms with E-state index in [0.717, 1.165) is 0 Å². The molecule has 0 aliphatic rings. The van der Waals surface area contributed by atoms with E-state index in [0.29, 0.717) is 5.56 Å². The first-order valence-electron chi connectivity index (χ1n) is 5.54. The molecule has 18 heavy (non-hydrogen) atoms. The van der Waals surface area contributed by atoms with Gasteiger partial charge >= 0.3 is 5.97 Å². The summed E-state index contributed by atoms with van der Waals surface area (Å²) < 4.78 is 6.75. The van der Waals surface area contributed by atoms with Gasteiger partial charge in [0.05, 0.1) is 6.20 Å². The van der Waals surface area contributed by atoms with Crippen LogP contribution in [0.25, 0.3) is 0 Å². The molecule has 0 aromatic carbocycles. The number of rotatable bonds is 4. The lowest BCUT2D eigenvalue weighted by Crippen LogP contribution is -2.01. The molecule has 0 aliphatic heterocycles. The Morgan fingerprint density at radius 1 is 1.44 bits per heavy atom. The zero-order valence-corrected chi connectivity index (χ0v) is 10.1. The third kappa shape index (κ3) is 2.28. The van der Waals surface area contributed by atoms with Crippen molar-refractivity contribution in [2.24, 2.45) is 0 Å². The van der Waals surface area contributed by atoms with Gasteiger partial charge in [0.2, 0.25) is 5.76 Å². The summed E-state index contributed by atoms with van der Waals surface area (Å²) in [6.45, 7) is 3.94. The van der Waals surface area contributed by atoms with Crippen molar-refractivity contribution in [3.8, 4) is 0 Å². The van der Waals surface area contributed by atoms with Crippen molar-refractivity contribution in [3.05, 3.63) is 41.6 Å². The Kier molecular flexibility index (Phi) is 3.20. The molecule has 2 aromatic heterocycles. The maximum Gasteiger partial charge on any atom is 0.371 e. The fraction of sp³-hybridized carbons (Fsp3) is 0.333. The van der Waals surface area contributed by atoms with Gasteiger partial charge in [0, 0.05) is 17.8 Å². The summed E-state index contributed by atoms with van der Waals surface area (Å²) in [7, 11) is 0. The molecular formula is C12H14N2O4. The van der Waals surface area contributed by atoms with Crippen LogP contribution in [0.5, 0.6) is 0 Å². The van der Waals surface area contributed by atoms with Crippen LogP contribution in [0.1, 0.15) is 47.9 Å². The molecule has 6 heteroatoms. The van der Waals surface area contributed by atoms with Crippen LogP contribution in [-0.2, 0) is 0 Å². The van der Waals surface area contributed by atoms with Gasteiger partial charge in [-0.25, -0.2) is 4.79 Å². The minimum atomic E-state index is -1.16. The number of furan rings is 1. The van der Waals surface area contributed by atoms with E-state index in [-0.39, 0.29) is 17.6 Å². The van der Waals surface area contributed by atoms with E-state index in [2.05, 4.69) is 5.10 Å². The minimum absolute atomic E-state index is 0.190. The van der Waals surface area contributed by atoms with E-state index in [1.54, 1.807) is 10.9 Å². The largest absolute Gasteiger partial charge is 0.475 e. The highest BCUT2D eigenvalue weighted by atomic mass is 16.4. The lowest BCUT2D eigenvalue weighted by atomic mass is 10.1. The second kappa shape index (κ2) is 4.66. The van der Waals surface area contributed by atoms with Crippen molar-refractivity contribution in [2.75, 3.05) is 0 Å². The highest BCUT2D eigenvalue weighted by Crippen LogP contribution is 2.24. The maximum absolute atomic E-state index is 10.7. The number of carbonyl (C=O) groups is 1. The van der Waals surface area contributed by atoms with E-state index >= 15 is 0 Å². The SMILES string of the molecule is CC(C)n1cc(C(O)c2ccc(C(=O)O)o2)cn1. The lowest BCUT2D eigenvalue weighted by molar-refractivity contribution is 0.0655. The van der Waals surface area contributed by atoms with Crippen LogP contribution >= 0.6 is 0 Å². The van der Waals surface area contributed by atoms with E-state index in [9.17, 15) is 9.90 Å². The van der Waals surface area contributed by atoms with Crippen molar-refractivity contribution in [3.63, 3.8) is 0 Å². The number of carboxylic acid groups (broad SMARTS) is 1. The summed E-state index contributed by atoms with van der Waals surface area (Å²) in [6.07, 6.45) is 2.23. The predicted octanol–water partition coefficient (Wildman–Crippen LogP) is 1.84. The van der Waals surface area contributed by atoms with Gasteiger partial charge in [-0.05, 0) is 26.0 Å². The number of hydrogen-bond acceptors (Lipinski definition) is 4. The van der Waals surface area contributed by atoms with Crippen LogP contribution in [0.15, 0.2) is 28.9 Å². The molecular weight excluding hydrogens is 236 g/mol. The molecule has 0 aliphatic carbocycles. The fourth-order valence-electron chi connectivity index (χ4n) is 1.56. The number of aromatic nitrogens is 2. The number of nitrogens with zero attached hydrogens (tertiary/aromatic N) is 2. The quantitative estimate of drug-likeness (QED) is 0.864. The Hall–Kier alpha value is -2.08. The van der Waals surface area contributed by atoms with Gasteiger partial charge in [-0.15, -0.1) is 0 Å². The number of aliphatic hydroxyl groups excluding tert-OH is 1. The molecule has 0 bridgehead atoms. The number of carboxylic acids is 1. The molecule has 2 heterocycles. The number of aliphatic hydroxyl groups is 1. The second-order valence-corrected chi connectivity index (χ2v) is 4.26. The van der Waals surface area contributed by atoms with E-state index in [1.807, 2.05) is 13.8 Å². The summed E-state index contributed by atoms with van der Waals surface area (Å²) in [4.78, 5) is 10.7. The summed E-state index contributed by atoms with van der Waals surface area (Å²) in [5, 5.41) is 22.9. The Labute approximate surface area is 103 Å². The molecule has 0 amide bonds. The molecule has 2 N–H and O–H groups in total. The van der Waals surface area contributed by atoms with E-state index < -0.39 is 12.1 Å². The zero-order valence-electron chi connectivity index (χ0n) is 10.1. The monoisotopic (exact) mass is 250 g/mol. The summed E-state index contributed by atoms with van der Waals surface area (Å²) in [6, 6.07) is 2.95. The van der Waals surface area contributed by atoms with E-state index in [4.69, 9.17) is 9.52 Å². The summed E-state index contributed by atoms with van der Waals surface area (Å²) in [5.74, 6) is -1.16. The standard InChI is InChI=1S/C12H14N2O4/c1-7(2)14-6-8(5-13-14)11(15)9-3-4-10(18-9)12(16)17/h3-7,11,15H,1-2H3,(H,16,17). The molecule has 6 nitrogen and oxygen atoms in total. The first kappa shape index (κ1) is 12.4. The molecule has 96 valence electrons. The van der Waals surface area contributed by atoms with Gasteiger partial charge in [-0.3, -0.25) is 4.68 Å². The van der Waals surface area contributed by atoms with Gasteiger partial charge in [0.15, 0.2) is 0 Å². The Morgan fingerprint density at radius 2 is 2.17 bits per heavy atom. The second-order valence-electron chi connectivity index (χ2n) is 4.26. The highest BCUT2D eigenvalue weighted by molar-refractivity contribution is 5.84. The normalized spacial score (nSPS) is 12.9. The summed E-state index contributed by atoms with van der Waals surface area (Å²) in [5.41, 5.74) is 0.565. The molecule has 0 saturated heterocycles. The topological polar surface area (TPSA) is 88.5 Å². The van der Waals surface area contributed by atoms with Crippen LogP contribution in [0.3, 0.4) is 0 Å². The van der Waals surface area contributed by atoms with Crippen molar-refractivity contribution >= 4 is 5.97 Å². The molecule has 2 rings (SSSR count). The first-order chi connectivity index (χ1) is 8.49. The van der Waals surface area contributed by atoms with Crippen molar-refractivity contribution in [1.29, 1.82) is 0 Å². The van der Waals surface area contributed by atoms with Gasteiger partial charge in [0.1, 0.15) is 11.9 Å². The molecule has 1 atom stereocenters. The first-order valence-corrected chi connectivity index (χ1v) is 5.54. The molecule has 0 spiro atoms. The van der Waals surface area contributed by atoms with Crippen molar-refractivity contribution in [2.45, 2.75) is 26.0 Å². The van der Waals surface area contributed by atoms with E-state index in [1.165, 1.54) is 18.3 Å². The Morgan fingerprint density at radius 3 is 2.67 bits per heavy atom. The third-order valence-electron chi connectivity index (χ3n) is 2.57. The predicted molar refractivity (Wildman–Crippen MR) is 62.3 cm³/mol. The van der Waals surface area contributed by atoms with Gasteiger partial charge in [-0.1, -0.05) is 0 Å².